The summed E-state index contributed by atoms with van der Waals surface area (Å²) in [6, 6.07) is 37.4. The Morgan fingerprint density at radius 2 is 1.59 bits per heavy atom. The molecule has 0 spiro atoms. The Kier molecular flexibility index (Phi) is 15.2. The molecule has 8 aromatic rings. The van der Waals surface area contributed by atoms with Crippen molar-refractivity contribution in [2.45, 2.75) is 37.8 Å². The normalized spacial score (nSPS) is 18.4. The number of esters is 1. The highest BCUT2D eigenvalue weighted by atomic mass is 32.2. The number of anilines is 1. The SMILES string of the molecule is CON=C(C(=O)NC1C(=O)N2CC(CSc3cc(=O)c4cc(F)c(Sc5nncn5C)c(F)c4s3)(C(=O)OCc3ccc(OC)cc3)CS(=O)[C@H]12)c1csc(NC(c2ccccc2)(c2ccccc2)c2ccccc2)n1. The van der Waals surface area contributed by atoms with Crippen molar-refractivity contribution in [3.05, 3.63) is 189 Å². The highest BCUT2D eigenvalue weighted by Gasteiger charge is 2.61. The van der Waals surface area contributed by atoms with Gasteiger partial charge in [-0.1, -0.05) is 108 Å². The van der Waals surface area contributed by atoms with Gasteiger partial charge in [0.1, 0.15) is 59.7 Å². The lowest BCUT2D eigenvalue weighted by molar-refractivity contribution is -0.162. The zero-order valence-electron chi connectivity index (χ0n) is 40.5. The third kappa shape index (κ3) is 10.1. The number of nitrogens with one attached hydrogen (secondary N) is 2. The zero-order chi connectivity index (χ0) is 53.1. The molecule has 23 heteroatoms. The molecule has 2 amide bonds. The fourth-order valence-corrected chi connectivity index (χ4v) is 15.2. The monoisotopic (exact) mass is 1120 g/mol. The van der Waals surface area contributed by atoms with E-state index in [1.807, 2.05) is 91.0 Å². The maximum absolute atomic E-state index is 16.2. The van der Waals surface area contributed by atoms with E-state index in [2.05, 4.69) is 26.0 Å². The first-order valence-corrected chi connectivity index (χ1v) is 28.1. The predicted molar refractivity (Wildman–Crippen MR) is 288 cm³/mol. The molecule has 2 aliphatic rings. The summed E-state index contributed by atoms with van der Waals surface area (Å²) in [6.07, 6.45) is 1.38. The van der Waals surface area contributed by atoms with Gasteiger partial charge in [0, 0.05) is 52.7 Å². The van der Waals surface area contributed by atoms with Crippen molar-refractivity contribution in [1.82, 2.24) is 30.0 Å². The number of aryl methyl sites for hydroxylation is 1. The molecule has 0 saturated carbocycles. The Hall–Kier alpha value is -7.31. The van der Waals surface area contributed by atoms with Gasteiger partial charge in [0.15, 0.2) is 27.2 Å². The number of methoxy groups -OCH3 is 1. The number of rotatable bonds is 18. The Morgan fingerprint density at radius 1 is 0.934 bits per heavy atom. The predicted octanol–water partition coefficient (Wildman–Crippen LogP) is 7.98. The highest BCUT2D eigenvalue weighted by Crippen LogP contribution is 2.44. The van der Waals surface area contributed by atoms with Crippen LogP contribution < -0.4 is 20.8 Å². The van der Waals surface area contributed by atoms with Crippen LogP contribution in [0.15, 0.2) is 163 Å². The molecule has 10 rings (SSSR count). The molecule has 388 valence electrons. The number of benzene rings is 5. The molecule has 0 radical (unpaired) electrons. The summed E-state index contributed by atoms with van der Waals surface area (Å²) in [5.41, 5.74) is 0.0860. The maximum atomic E-state index is 16.2. The van der Waals surface area contributed by atoms with Crippen LogP contribution in [0.3, 0.4) is 0 Å². The van der Waals surface area contributed by atoms with Crippen molar-refractivity contribution >= 4 is 95.7 Å². The Morgan fingerprint density at radius 3 is 2.20 bits per heavy atom. The Balaban J connectivity index is 0.897. The van der Waals surface area contributed by atoms with Crippen molar-refractivity contribution in [2.24, 2.45) is 17.6 Å². The second kappa shape index (κ2) is 22.1. The minimum Gasteiger partial charge on any atom is -0.497 e. The number of nitrogens with zero attached hydrogens (tertiary/aromatic N) is 6. The highest BCUT2D eigenvalue weighted by molar-refractivity contribution is 8.01. The van der Waals surface area contributed by atoms with Crippen LogP contribution in [-0.2, 0) is 54.0 Å². The summed E-state index contributed by atoms with van der Waals surface area (Å²) in [6.45, 7) is -0.444. The van der Waals surface area contributed by atoms with Crippen LogP contribution >= 0.6 is 46.2 Å². The first-order valence-electron chi connectivity index (χ1n) is 23.2. The van der Waals surface area contributed by atoms with Crippen molar-refractivity contribution < 1.29 is 41.7 Å². The fraction of sp³-hybridized carbons (Fsp3) is 0.208. The molecule has 4 atom stereocenters. The average molecular weight is 1120 g/mol. The van der Waals surface area contributed by atoms with Crippen LogP contribution in [-0.4, -0.2) is 96.0 Å². The number of β-lactam (4-membered cyclic amide) rings is 1. The molecule has 16 nitrogen and oxygen atoms in total. The van der Waals surface area contributed by atoms with Crippen molar-refractivity contribution in [2.75, 3.05) is 37.6 Å². The molecular formula is C53H44F2N8O8S5. The van der Waals surface area contributed by atoms with E-state index < -0.39 is 68.0 Å². The van der Waals surface area contributed by atoms with E-state index in [-0.39, 0.29) is 60.4 Å². The van der Waals surface area contributed by atoms with Gasteiger partial charge in [0.2, 0.25) is 5.91 Å². The number of fused-ring (bicyclic) bond motifs is 2. The van der Waals surface area contributed by atoms with Crippen LogP contribution in [0, 0.1) is 17.0 Å². The molecule has 0 bridgehead atoms. The molecular weight excluding hydrogens is 1070 g/mol. The number of halogens is 2. The number of aromatic nitrogens is 4. The van der Waals surface area contributed by atoms with Gasteiger partial charge >= 0.3 is 5.97 Å². The fourth-order valence-electron chi connectivity index (χ4n) is 9.04. The first kappa shape index (κ1) is 52.1. The van der Waals surface area contributed by atoms with Gasteiger partial charge in [0.05, 0.1) is 20.9 Å². The van der Waals surface area contributed by atoms with E-state index in [0.29, 0.717) is 28.2 Å². The molecule has 0 aliphatic carbocycles. The number of amides is 2. The molecule has 3 unspecified atom stereocenters. The first-order chi connectivity index (χ1) is 36.8. The molecule has 2 fully saturated rings. The lowest BCUT2D eigenvalue weighted by Gasteiger charge is -2.53. The van der Waals surface area contributed by atoms with E-state index in [0.717, 1.165) is 45.9 Å². The van der Waals surface area contributed by atoms with Crippen molar-refractivity contribution in [1.29, 1.82) is 0 Å². The van der Waals surface area contributed by atoms with Gasteiger partial charge in [-0.3, -0.25) is 23.4 Å². The number of carbonyl (C=O) groups is 3. The van der Waals surface area contributed by atoms with Gasteiger partial charge in [-0.15, -0.1) is 44.6 Å². The van der Waals surface area contributed by atoms with E-state index in [4.69, 9.17) is 19.3 Å². The number of ether oxygens (including phenoxy) is 2. The molecule has 2 N–H and O–H groups in total. The quantitative estimate of drug-likeness (QED) is 0.0210. The summed E-state index contributed by atoms with van der Waals surface area (Å²) >= 11 is 3.83. The second-order valence-corrected chi connectivity index (χ2v) is 23.3. The Bertz CT molecular complexity index is 3490. The molecule has 3 aromatic heterocycles. The van der Waals surface area contributed by atoms with Crippen LogP contribution in [0.2, 0.25) is 0 Å². The molecule has 2 aliphatic heterocycles. The smallest absolute Gasteiger partial charge is 0.316 e. The lowest BCUT2D eigenvalue weighted by atomic mass is 9.77. The van der Waals surface area contributed by atoms with Gasteiger partial charge < -0.3 is 34.4 Å². The summed E-state index contributed by atoms with van der Waals surface area (Å²) in [4.78, 5) is 67.2. The number of hydrogen-bond donors (Lipinski definition) is 2. The van der Waals surface area contributed by atoms with E-state index in [1.165, 1.54) is 47.4 Å². The van der Waals surface area contributed by atoms with E-state index >= 15 is 8.78 Å². The van der Waals surface area contributed by atoms with E-state index in [9.17, 15) is 23.4 Å². The number of thioether (sulfide) groups is 1. The van der Waals surface area contributed by atoms with Gasteiger partial charge in [-0.2, -0.15) is 0 Å². The zero-order valence-corrected chi connectivity index (χ0v) is 44.6. The molecule has 2 saturated heterocycles. The topological polar surface area (TPSA) is 196 Å². The van der Waals surface area contributed by atoms with Gasteiger partial charge in [-0.25, -0.2) is 13.8 Å². The standard InChI is InChI=1S/C53H44F2N8O8S5/c1-62-30-56-60-51(62)75-45-37(54)23-36-39(64)24-40(74-44(36)41(45)55)73-28-52(49(67)71-25-31-19-21-35(69-2)22-20-31)27-63-47(66)43(48(63)76(68)29-52)58-46(65)42(61-70-3)38-26-72-50(57-38)59-53(32-13-7-4-8-14-32,33-15-9-5-10-16-33)34-17-11-6-12-18-34/h4-24,26,30,43,48H,25,27-29H2,1-3H3,(H,57,59)(H,58,65)/t43?,48-,52?,76?/m1/s1. The van der Waals surface area contributed by atoms with Crippen LogP contribution in [0.1, 0.15) is 27.9 Å². The summed E-state index contributed by atoms with van der Waals surface area (Å²) in [5, 5.41) is 19.2. The number of hydrogen-bond acceptors (Lipinski definition) is 17. The van der Waals surface area contributed by atoms with Gasteiger partial charge in [-0.05, 0) is 52.2 Å². The minimum absolute atomic E-state index is 0.123. The third-order valence-corrected chi connectivity index (χ3v) is 19.2. The maximum Gasteiger partial charge on any atom is 0.316 e. The van der Waals surface area contributed by atoms with Gasteiger partial charge in [0.25, 0.3) is 5.91 Å². The summed E-state index contributed by atoms with van der Waals surface area (Å²) in [5.74, 6) is -4.02. The van der Waals surface area contributed by atoms with Crippen molar-refractivity contribution in [3.63, 3.8) is 0 Å². The minimum atomic E-state index is -1.98. The molecule has 5 heterocycles. The lowest BCUT2D eigenvalue weighted by Crippen LogP contribution is -2.77. The largest absolute Gasteiger partial charge is 0.497 e. The van der Waals surface area contributed by atoms with Crippen molar-refractivity contribution in [3.8, 4) is 5.75 Å². The second-order valence-electron chi connectivity index (χ2n) is 17.6. The van der Waals surface area contributed by atoms with E-state index in [1.54, 1.807) is 36.7 Å². The summed E-state index contributed by atoms with van der Waals surface area (Å²) in [7, 11) is 2.43. The van der Waals surface area contributed by atoms with Crippen LogP contribution in [0.25, 0.3) is 10.1 Å². The third-order valence-electron chi connectivity index (χ3n) is 12.8. The number of thiazole rings is 1. The van der Waals surface area contributed by atoms with Crippen LogP contribution in [0.5, 0.6) is 5.75 Å². The summed E-state index contributed by atoms with van der Waals surface area (Å²) < 4.78 is 58.8. The Labute approximate surface area is 452 Å². The average Bonchev–Trinajstić information content (AvgIpc) is 4.10. The molecule has 76 heavy (non-hydrogen) atoms. The molecule has 5 aromatic carbocycles. The van der Waals surface area contributed by atoms with Crippen LogP contribution in [0.4, 0.5) is 13.9 Å². The number of oxime groups is 1. The number of carbonyl (C=O) groups excluding carboxylic acids is 3.